The van der Waals surface area contributed by atoms with Crippen LogP contribution in [0.5, 0.6) is 0 Å². The standard InChI is InChI=1S/C15H18BrN3OS.C4H10.C2H6/c1-4-7-19(9-17)15(20)13-8-10-12(18(2)3)6-5-11(16)14(10)21-13;1-3-4-2;1-2/h5-6,8-9,17H,4,7H2,1-3H3;3-4H2,1-2H3;1-2H3. The lowest BCUT2D eigenvalue weighted by atomic mass is 10.2. The first kappa shape index (κ1) is 25.6. The minimum absolute atomic E-state index is 0.107. The van der Waals surface area contributed by atoms with Crippen molar-refractivity contribution in [3.05, 3.63) is 27.5 Å². The van der Waals surface area contributed by atoms with Crippen LogP contribution in [0.15, 0.2) is 22.7 Å². The molecule has 0 aliphatic rings. The predicted molar refractivity (Wildman–Crippen MR) is 126 cm³/mol. The Kier molecular flexibility index (Phi) is 13.0. The van der Waals surface area contributed by atoms with E-state index in [1.165, 1.54) is 29.1 Å². The minimum atomic E-state index is -0.107. The van der Waals surface area contributed by atoms with E-state index in [1.54, 1.807) is 0 Å². The van der Waals surface area contributed by atoms with E-state index >= 15 is 0 Å². The number of nitrogens with zero attached hydrogens (tertiary/aromatic N) is 2. The molecule has 0 fully saturated rings. The Balaban J connectivity index is 0.000000998. The molecule has 1 amide bonds. The van der Waals surface area contributed by atoms with Gasteiger partial charge in [0, 0.05) is 36.2 Å². The summed E-state index contributed by atoms with van der Waals surface area (Å²) in [5.41, 5.74) is 1.08. The Morgan fingerprint density at radius 3 is 2.19 bits per heavy atom. The number of hydrogen-bond donors (Lipinski definition) is 1. The number of anilines is 1. The van der Waals surface area contributed by atoms with E-state index in [9.17, 15) is 4.79 Å². The van der Waals surface area contributed by atoms with Gasteiger partial charge in [-0.05, 0) is 40.5 Å². The lowest BCUT2D eigenvalue weighted by Gasteiger charge is -2.14. The van der Waals surface area contributed by atoms with Crippen molar-refractivity contribution in [1.82, 2.24) is 4.90 Å². The number of rotatable bonds is 6. The van der Waals surface area contributed by atoms with E-state index < -0.39 is 0 Å². The number of carbonyl (C=O) groups is 1. The predicted octanol–water partition coefficient (Wildman–Crippen LogP) is 7.02. The number of benzene rings is 1. The first-order valence-corrected chi connectivity index (χ1v) is 11.2. The van der Waals surface area contributed by atoms with Gasteiger partial charge in [-0.2, -0.15) is 0 Å². The van der Waals surface area contributed by atoms with Crippen LogP contribution in [0.2, 0.25) is 0 Å². The van der Waals surface area contributed by atoms with Crippen molar-refractivity contribution in [2.45, 2.75) is 53.9 Å². The maximum atomic E-state index is 12.5. The van der Waals surface area contributed by atoms with Gasteiger partial charge in [0.05, 0.1) is 15.9 Å². The fraction of sp³-hybridized carbons (Fsp3) is 0.524. The molecule has 0 spiro atoms. The summed E-state index contributed by atoms with van der Waals surface area (Å²) >= 11 is 5.01. The first-order valence-electron chi connectivity index (χ1n) is 9.62. The lowest BCUT2D eigenvalue weighted by molar-refractivity contribution is 0.0856. The summed E-state index contributed by atoms with van der Waals surface area (Å²) in [7, 11) is 3.98. The highest BCUT2D eigenvalue weighted by Crippen LogP contribution is 2.38. The number of unbranched alkanes of at least 4 members (excludes halogenated alkanes) is 1. The molecule has 0 saturated carbocycles. The van der Waals surface area contributed by atoms with Crippen LogP contribution in [0.1, 0.15) is 63.6 Å². The molecule has 6 heteroatoms. The van der Waals surface area contributed by atoms with Crippen molar-refractivity contribution >= 4 is 55.3 Å². The van der Waals surface area contributed by atoms with Crippen molar-refractivity contribution in [2.24, 2.45) is 0 Å². The van der Waals surface area contributed by atoms with E-state index in [0.29, 0.717) is 11.4 Å². The third kappa shape index (κ3) is 7.26. The highest BCUT2D eigenvalue weighted by Gasteiger charge is 2.18. The second-order valence-electron chi connectivity index (χ2n) is 5.94. The summed E-state index contributed by atoms with van der Waals surface area (Å²) in [5, 5.41) is 8.46. The Morgan fingerprint density at radius 1 is 1.15 bits per heavy atom. The van der Waals surface area contributed by atoms with E-state index in [2.05, 4.69) is 29.8 Å². The van der Waals surface area contributed by atoms with E-state index in [-0.39, 0.29) is 5.91 Å². The molecular weight excluding hydrogens is 422 g/mol. The van der Waals surface area contributed by atoms with Gasteiger partial charge in [-0.3, -0.25) is 15.1 Å². The molecule has 2 aromatic rings. The fourth-order valence-corrected chi connectivity index (χ4v) is 3.81. The second-order valence-corrected chi connectivity index (χ2v) is 7.85. The molecule has 0 saturated heterocycles. The highest BCUT2D eigenvalue weighted by molar-refractivity contribution is 9.10. The van der Waals surface area contributed by atoms with Gasteiger partial charge < -0.3 is 4.90 Å². The van der Waals surface area contributed by atoms with Crippen LogP contribution >= 0.6 is 27.3 Å². The normalized spacial score (nSPS) is 9.63. The van der Waals surface area contributed by atoms with Gasteiger partial charge in [0.2, 0.25) is 0 Å². The van der Waals surface area contributed by atoms with Crippen molar-refractivity contribution in [3.63, 3.8) is 0 Å². The fourth-order valence-electron chi connectivity index (χ4n) is 2.18. The van der Waals surface area contributed by atoms with Crippen molar-refractivity contribution in [3.8, 4) is 0 Å². The largest absolute Gasteiger partial charge is 0.377 e. The van der Waals surface area contributed by atoms with Crippen molar-refractivity contribution < 1.29 is 4.79 Å². The molecule has 2 rings (SSSR count). The number of halogens is 1. The summed E-state index contributed by atoms with van der Waals surface area (Å²) in [6, 6.07) is 5.96. The SMILES string of the molecule is CC.CCCC.CCCN(C=N)C(=O)c1cc2c(N(C)C)ccc(Br)c2s1. The van der Waals surface area contributed by atoms with Crippen LogP contribution in [0.4, 0.5) is 5.69 Å². The van der Waals surface area contributed by atoms with Gasteiger partial charge in [-0.1, -0.05) is 47.5 Å². The molecule has 27 heavy (non-hydrogen) atoms. The molecule has 1 aromatic carbocycles. The summed E-state index contributed by atoms with van der Waals surface area (Å²) < 4.78 is 2.05. The zero-order valence-electron chi connectivity index (χ0n) is 17.7. The zero-order valence-corrected chi connectivity index (χ0v) is 20.1. The Hall–Kier alpha value is -1.40. The Labute approximate surface area is 177 Å². The van der Waals surface area contributed by atoms with E-state index in [4.69, 9.17) is 5.41 Å². The number of hydrogen-bond acceptors (Lipinski definition) is 4. The van der Waals surface area contributed by atoms with Gasteiger partial charge in [0.1, 0.15) is 0 Å². The molecule has 1 heterocycles. The molecular formula is C21H34BrN3OS. The summed E-state index contributed by atoms with van der Waals surface area (Å²) in [6.45, 7) is 10.9. The van der Waals surface area contributed by atoms with Crippen LogP contribution in [0.25, 0.3) is 10.1 Å². The maximum Gasteiger partial charge on any atom is 0.269 e. The number of thiophene rings is 1. The van der Waals surface area contributed by atoms with Crippen LogP contribution in [0, 0.1) is 5.41 Å². The molecule has 1 N–H and O–H groups in total. The van der Waals surface area contributed by atoms with Gasteiger partial charge in [-0.25, -0.2) is 0 Å². The van der Waals surface area contributed by atoms with E-state index in [0.717, 1.165) is 33.0 Å². The number of carbonyl (C=O) groups excluding carboxylic acids is 1. The van der Waals surface area contributed by atoms with Gasteiger partial charge in [0.25, 0.3) is 5.91 Å². The van der Waals surface area contributed by atoms with E-state index in [1.807, 2.05) is 58.0 Å². The molecule has 1 aromatic heterocycles. The van der Waals surface area contributed by atoms with Crippen LogP contribution in [-0.2, 0) is 0 Å². The van der Waals surface area contributed by atoms with Crippen LogP contribution < -0.4 is 4.90 Å². The lowest BCUT2D eigenvalue weighted by Crippen LogP contribution is -2.29. The summed E-state index contributed by atoms with van der Waals surface area (Å²) in [6.07, 6.45) is 4.58. The minimum Gasteiger partial charge on any atom is -0.377 e. The van der Waals surface area contributed by atoms with Gasteiger partial charge >= 0.3 is 0 Å². The first-order chi connectivity index (χ1) is 12.9. The Bertz CT molecular complexity index is 711. The summed E-state index contributed by atoms with van der Waals surface area (Å²) in [5.74, 6) is -0.107. The van der Waals surface area contributed by atoms with Crippen LogP contribution in [-0.4, -0.2) is 37.8 Å². The van der Waals surface area contributed by atoms with Crippen molar-refractivity contribution in [2.75, 3.05) is 25.5 Å². The van der Waals surface area contributed by atoms with Crippen LogP contribution in [0.3, 0.4) is 0 Å². The quantitative estimate of drug-likeness (QED) is 0.375. The average molecular weight is 456 g/mol. The number of amides is 1. The monoisotopic (exact) mass is 455 g/mol. The highest BCUT2D eigenvalue weighted by atomic mass is 79.9. The Morgan fingerprint density at radius 2 is 1.74 bits per heavy atom. The van der Waals surface area contributed by atoms with Gasteiger partial charge in [-0.15, -0.1) is 11.3 Å². The molecule has 0 atom stereocenters. The molecule has 0 unspecified atom stereocenters. The third-order valence-corrected chi connectivity index (χ3v) is 5.77. The average Bonchev–Trinajstić information content (AvgIpc) is 3.13. The smallest absolute Gasteiger partial charge is 0.269 e. The molecule has 0 radical (unpaired) electrons. The molecule has 152 valence electrons. The number of fused-ring (bicyclic) bond motifs is 1. The molecule has 0 bridgehead atoms. The zero-order chi connectivity index (χ0) is 21.0. The maximum absolute atomic E-state index is 12.5. The van der Waals surface area contributed by atoms with Crippen molar-refractivity contribution in [1.29, 1.82) is 5.41 Å². The molecule has 0 aliphatic heterocycles. The number of nitrogens with one attached hydrogen (secondary N) is 1. The molecule has 0 aliphatic carbocycles. The van der Waals surface area contributed by atoms with Gasteiger partial charge in [0.15, 0.2) is 0 Å². The molecule has 4 nitrogen and oxygen atoms in total. The third-order valence-electron chi connectivity index (χ3n) is 3.69. The summed E-state index contributed by atoms with van der Waals surface area (Å²) in [4.78, 5) is 16.6. The second kappa shape index (κ2) is 13.7. The topological polar surface area (TPSA) is 47.4 Å².